The maximum atomic E-state index is 11.5. The van der Waals surface area contributed by atoms with Crippen molar-refractivity contribution in [1.82, 2.24) is 0 Å². The molecule has 3 rings (SSSR count). The normalized spacial score (nSPS) is 10.9. The van der Waals surface area contributed by atoms with Crippen molar-refractivity contribution >= 4 is 22.8 Å². The van der Waals surface area contributed by atoms with Crippen LogP contribution in [0.3, 0.4) is 0 Å². The van der Waals surface area contributed by atoms with Crippen molar-refractivity contribution in [2.75, 3.05) is 6.61 Å². The highest BCUT2D eigenvalue weighted by atomic mass is 16.5. The average molecular weight is 318 g/mol. The molecule has 0 aliphatic carbocycles. The fourth-order valence-corrected chi connectivity index (χ4v) is 2.42. The zero-order valence-corrected chi connectivity index (χ0v) is 13.4. The Bertz CT molecular complexity index is 881. The molecule has 24 heavy (non-hydrogen) atoms. The van der Waals surface area contributed by atoms with Gasteiger partial charge in [-0.15, -0.1) is 0 Å². The van der Waals surface area contributed by atoms with Crippen LogP contribution in [0, 0.1) is 0 Å². The summed E-state index contributed by atoms with van der Waals surface area (Å²) in [6, 6.07) is 21.7. The van der Waals surface area contributed by atoms with E-state index in [4.69, 9.17) is 9.47 Å². The number of hydrogen-bond acceptors (Lipinski definition) is 3. The van der Waals surface area contributed by atoms with Crippen LogP contribution in [-0.2, 0) is 9.53 Å². The largest absolute Gasteiger partial charge is 0.463 e. The predicted molar refractivity (Wildman–Crippen MR) is 96.1 cm³/mol. The number of esters is 1. The molecule has 0 spiro atoms. The van der Waals surface area contributed by atoms with Gasteiger partial charge in [0.25, 0.3) is 0 Å². The zero-order chi connectivity index (χ0) is 16.8. The number of carbonyl (C=O) groups excluding carboxylic acids is 1. The monoisotopic (exact) mass is 318 g/mol. The van der Waals surface area contributed by atoms with Gasteiger partial charge in [-0.25, -0.2) is 4.79 Å². The molecule has 0 heterocycles. The number of carbonyl (C=O) groups is 1. The molecule has 3 aromatic rings. The number of fused-ring (bicyclic) bond motifs is 1. The summed E-state index contributed by atoms with van der Waals surface area (Å²) < 4.78 is 10.9. The lowest BCUT2D eigenvalue weighted by atomic mass is 10.1. The molecule has 0 atom stereocenters. The van der Waals surface area contributed by atoms with Crippen LogP contribution in [0.15, 0.2) is 72.8 Å². The van der Waals surface area contributed by atoms with E-state index in [1.54, 1.807) is 13.0 Å². The van der Waals surface area contributed by atoms with Gasteiger partial charge in [0.2, 0.25) is 0 Å². The second-order valence-electron chi connectivity index (χ2n) is 5.23. The Labute approximate surface area is 141 Å². The van der Waals surface area contributed by atoms with Crippen LogP contribution in [0.25, 0.3) is 16.8 Å². The molecule has 0 saturated carbocycles. The van der Waals surface area contributed by atoms with Crippen LogP contribution < -0.4 is 4.74 Å². The smallest absolute Gasteiger partial charge is 0.330 e. The van der Waals surface area contributed by atoms with Gasteiger partial charge in [-0.3, -0.25) is 0 Å². The molecule has 0 aromatic heterocycles. The summed E-state index contributed by atoms with van der Waals surface area (Å²) in [6.45, 7) is 2.14. The third-order valence-electron chi connectivity index (χ3n) is 3.55. The molecule has 0 amide bonds. The van der Waals surface area contributed by atoms with Gasteiger partial charge < -0.3 is 9.47 Å². The van der Waals surface area contributed by atoms with E-state index in [2.05, 4.69) is 12.1 Å². The lowest BCUT2D eigenvalue weighted by molar-refractivity contribution is -0.137. The second-order valence-corrected chi connectivity index (χ2v) is 5.23. The van der Waals surface area contributed by atoms with E-state index < -0.39 is 0 Å². The molecule has 0 radical (unpaired) electrons. The minimum absolute atomic E-state index is 0.360. The van der Waals surface area contributed by atoms with Crippen molar-refractivity contribution in [2.45, 2.75) is 6.92 Å². The Morgan fingerprint density at radius 3 is 2.54 bits per heavy atom. The Kier molecular flexibility index (Phi) is 4.92. The number of hydrogen-bond donors (Lipinski definition) is 0. The summed E-state index contributed by atoms with van der Waals surface area (Å²) >= 11 is 0. The minimum atomic E-state index is -0.363. The SMILES string of the molecule is CCOC(=O)/C=C/c1ccccc1Oc1ccc2ccccc2c1. The second kappa shape index (κ2) is 7.47. The fraction of sp³-hybridized carbons (Fsp3) is 0.0952. The van der Waals surface area contributed by atoms with Crippen LogP contribution in [0.2, 0.25) is 0 Å². The Hall–Kier alpha value is -3.07. The van der Waals surface area contributed by atoms with Crippen LogP contribution in [0.1, 0.15) is 12.5 Å². The van der Waals surface area contributed by atoms with Crippen molar-refractivity contribution in [3.8, 4) is 11.5 Å². The van der Waals surface area contributed by atoms with Crippen molar-refractivity contribution in [3.05, 3.63) is 78.4 Å². The maximum absolute atomic E-state index is 11.5. The van der Waals surface area contributed by atoms with Crippen LogP contribution in [0.4, 0.5) is 0 Å². The number of para-hydroxylation sites is 1. The van der Waals surface area contributed by atoms with Gasteiger partial charge in [-0.2, -0.15) is 0 Å². The fourth-order valence-electron chi connectivity index (χ4n) is 2.42. The highest BCUT2D eigenvalue weighted by Gasteiger charge is 2.04. The van der Waals surface area contributed by atoms with E-state index in [0.717, 1.165) is 16.7 Å². The maximum Gasteiger partial charge on any atom is 0.330 e. The Morgan fingerprint density at radius 1 is 0.958 bits per heavy atom. The van der Waals surface area contributed by atoms with Crippen LogP contribution in [-0.4, -0.2) is 12.6 Å². The first-order valence-corrected chi connectivity index (χ1v) is 7.87. The summed E-state index contributed by atoms with van der Waals surface area (Å²) in [5.74, 6) is 1.08. The molecule has 0 bridgehead atoms. The number of benzene rings is 3. The van der Waals surface area contributed by atoms with Gasteiger partial charge >= 0.3 is 5.97 Å². The summed E-state index contributed by atoms with van der Waals surface area (Å²) in [5, 5.41) is 2.29. The molecule has 0 saturated heterocycles. The average Bonchev–Trinajstić information content (AvgIpc) is 2.61. The first kappa shape index (κ1) is 15.8. The van der Waals surface area contributed by atoms with Crippen molar-refractivity contribution in [2.24, 2.45) is 0 Å². The van der Waals surface area contributed by atoms with E-state index in [-0.39, 0.29) is 5.97 Å². The Balaban J connectivity index is 1.85. The lowest BCUT2D eigenvalue weighted by Crippen LogP contribution is -1.98. The summed E-state index contributed by atoms with van der Waals surface area (Å²) in [5.41, 5.74) is 0.818. The molecule has 0 unspecified atom stereocenters. The molecule has 0 N–H and O–H groups in total. The number of ether oxygens (including phenoxy) is 2. The first-order chi connectivity index (χ1) is 11.8. The zero-order valence-electron chi connectivity index (χ0n) is 13.4. The standard InChI is InChI=1S/C21H18O3/c1-2-23-21(22)14-12-17-8-5-6-10-20(17)24-19-13-11-16-7-3-4-9-18(16)15-19/h3-15H,2H2,1H3/b14-12+. The van der Waals surface area contributed by atoms with E-state index >= 15 is 0 Å². The van der Waals surface area contributed by atoms with Gasteiger partial charge in [-0.05, 0) is 42.0 Å². The predicted octanol–water partition coefficient (Wildman–Crippen LogP) is 5.21. The third kappa shape index (κ3) is 3.82. The van der Waals surface area contributed by atoms with Crippen molar-refractivity contribution < 1.29 is 14.3 Å². The highest BCUT2D eigenvalue weighted by molar-refractivity contribution is 5.87. The molecule has 0 aliphatic rings. The highest BCUT2D eigenvalue weighted by Crippen LogP contribution is 2.28. The van der Waals surface area contributed by atoms with Gasteiger partial charge in [0.15, 0.2) is 0 Å². The van der Waals surface area contributed by atoms with E-state index in [0.29, 0.717) is 12.4 Å². The van der Waals surface area contributed by atoms with Crippen LogP contribution >= 0.6 is 0 Å². The summed E-state index contributed by atoms with van der Waals surface area (Å²) in [4.78, 5) is 11.5. The quantitative estimate of drug-likeness (QED) is 0.478. The van der Waals surface area contributed by atoms with E-state index in [1.807, 2.05) is 54.6 Å². The van der Waals surface area contributed by atoms with Gasteiger partial charge in [0, 0.05) is 11.6 Å². The van der Waals surface area contributed by atoms with E-state index in [9.17, 15) is 4.79 Å². The van der Waals surface area contributed by atoms with Crippen molar-refractivity contribution in [3.63, 3.8) is 0 Å². The Morgan fingerprint density at radius 2 is 1.71 bits per heavy atom. The van der Waals surface area contributed by atoms with Gasteiger partial charge in [0.05, 0.1) is 6.61 Å². The lowest BCUT2D eigenvalue weighted by Gasteiger charge is -2.09. The minimum Gasteiger partial charge on any atom is -0.463 e. The molecule has 0 aliphatic heterocycles. The summed E-state index contributed by atoms with van der Waals surface area (Å²) in [7, 11) is 0. The van der Waals surface area contributed by atoms with Crippen molar-refractivity contribution in [1.29, 1.82) is 0 Å². The molecular formula is C21H18O3. The molecule has 3 heteroatoms. The molecule has 3 nitrogen and oxygen atoms in total. The van der Waals surface area contributed by atoms with Crippen LogP contribution in [0.5, 0.6) is 11.5 Å². The van der Waals surface area contributed by atoms with Gasteiger partial charge in [0.1, 0.15) is 11.5 Å². The molecule has 0 fully saturated rings. The summed E-state index contributed by atoms with van der Waals surface area (Å²) in [6.07, 6.45) is 3.11. The molecule has 3 aromatic carbocycles. The number of rotatable bonds is 5. The molecule has 120 valence electrons. The van der Waals surface area contributed by atoms with Gasteiger partial charge in [-0.1, -0.05) is 48.5 Å². The third-order valence-corrected chi connectivity index (χ3v) is 3.55. The molecular weight excluding hydrogens is 300 g/mol. The topological polar surface area (TPSA) is 35.5 Å². The van der Waals surface area contributed by atoms with E-state index in [1.165, 1.54) is 11.5 Å². The first-order valence-electron chi connectivity index (χ1n) is 7.87.